The third-order valence-corrected chi connectivity index (χ3v) is 3.25. The van der Waals surface area contributed by atoms with Gasteiger partial charge in [-0.25, -0.2) is 0 Å². The minimum Gasteiger partial charge on any atom is -0.451 e. The van der Waals surface area contributed by atoms with Crippen LogP contribution in [0.4, 0.5) is 11.4 Å². The monoisotopic (exact) mass is 286 g/mol. The normalized spacial score (nSPS) is 10.7. The van der Waals surface area contributed by atoms with Crippen LogP contribution in [0.2, 0.25) is 5.02 Å². The number of para-hydroxylation sites is 2. The topological polar surface area (TPSA) is 68.3 Å². The molecular weight excluding hydrogens is 276 g/mol. The molecule has 100 valence electrons. The molecule has 0 fully saturated rings. The molecule has 0 unspecified atom stereocenters. The summed E-state index contributed by atoms with van der Waals surface area (Å²) in [6.45, 7) is 0. The Balaban J connectivity index is 1.93. The Hall–Kier alpha value is -2.46. The summed E-state index contributed by atoms with van der Waals surface area (Å²) < 4.78 is 5.49. The molecule has 0 aliphatic heterocycles. The molecule has 0 aliphatic rings. The van der Waals surface area contributed by atoms with E-state index in [1.54, 1.807) is 30.3 Å². The van der Waals surface area contributed by atoms with Gasteiger partial charge < -0.3 is 15.5 Å². The molecule has 2 aromatic carbocycles. The van der Waals surface area contributed by atoms with Crippen LogP contribution in [0.5, 0.6) is 0 Å². The average Bonchev–Trinajstić information content (AvgIpc) is 2.87. The Morgan fingerprint density at radius 3 is 2.70 bits per heavy atom. The number of nitrogen functional groups attached to an aromatic ring is 1. The van der Waals surface area contributed by atoms with E-state index in [2.05, 4.69) is 5.32 Å². The number of amides is 1. The summed E-state index contributed by atoms with van der Waals surface area (Å²) in [5.74, 6) is -0.175. The Morgan fingerprint density at radius 1 is 1.15 bits per heavy atom. The molecule has 5 heteroatoms. The first-order chi connectivity index (χ1) is 9.65. The van der Waals surface area contributed by atoms with Crippen LogP contribution in [-0.4, -0.2) is 5.91 Å². The quantitative estimate of drug-likeness (QED) is 0.702. The van der Waals surface area contributed by atoms with E-state index in [9.17, 15) is 4.79 Å². The number of carbonyl (C=O) groups excluding carboxylic acids is 1. The second kappa shape index (κ2) is 4.90. The van der Waals surface area contributed by atoms with Crippen molar-refractivity contribution >= 4 is 39.9 Å². The van der Waals surface area contributed by atoms with E-state index >= 15 is 0 Å². The van der Waals surface area contributed by atoms with Gasteiger partial charge in [0.2, 0.25) is 0 Å². The zero-order valence-electron chi connectivity index (χ0n) is 10.4. The molecule has 1 heterocycles. The molecule has 1 aromatic heterocycles. The molecule has 0 spiro atoms. The van der Waals surface area contributed by atoms with E-state index in [1.807, 2.05) is 18.2 Å². The van der Waals surface area contributed by atoms with E-state index in [4.69, 9.17) is 21.8 Å². The van der Waals surface area contributed by atoms with Crippen LogP contribution < -0.4 is 11.1 Å². The van der Waals surface area contributed by atoms with Crippen molar-refractivity contribution in [3.63, 3.8) is 0 Å². The lowest BCUT2D eigenvalue weighted by atomic mass is 10.2. The number of anilines is 2. The lowest BCUT2D eigenvalue weighted by Gasteiger charge is -2.08. The summed E-state index contributed by atoms with van der Waals surface area (Å²) in [7, 11) is 0. The van der Waals surface area contributed by atoms with Crippen LogP contribution in [0.1, 0.15) is 10.6 Å². The first-order valence-corrected chi connectivity index (χ1v) is 6.37. The zero-order chi connectivity index (χ0) is 14.1. The number of nitrogens with two attached hydrogens (primary N) is 1. The Bertz CT molecular complexity index is 742. The highest BCUT2D eigenvalue weighted by molar-refractivity contribution is 6.34. The number of carbonyl (C=O) groups is 1. The van der Waals surface area contributed by atoms with Gasteiger partial charge in [0, 0.05) is 5.39 Å². The number of rotatable bonds is 2. The molecule has 0 bridgehead atoms. The van der Waals surface area contributed by atoms with Crippen molar-refractivity contribution in [1.29, 1.82) is 0 Å². The first kappa shape index (κ1) is 12.6. The minimum atomic E-state index is -0.388. The summed E-state index contributed by atoms with van der Waals surface area (Å²) in [4.78, 5) is 12.2. The smallest absolute Gasteiger partial charge is 0.291 e. The van der Waals surface area contributed by atoms with Gasteiger partial charge in [0.05, 0.1) is 16.4 Å². The fraction of sp³-hybridized carbons (Fsp3) is 0. The average molecular weight is 287 g/mol. The fourth-order valence-electron chi connectivity index (χ4n) is 1.94. The van der Waals surface area contributed by atoms with Crippen LogP contribution in [0.3, 0.4) is 0 Å². The Morgan fingerprint density at radius 2 is 1.95 bits per heavy atom. The predicted molar refractivity (Wildman–Crippen MR) is 80.0 cm³/mol. The molecule has 0 saturated heterocycles. The molecule has 3 N–H and O–H groups in total. The number of benzene rings is 2. The summed E-state index contributed by atoms with van der Waals surface area (Å²) in [5.41, 5.74) is 7.24. The molecule has 0 saturated carbocycles. The highest BCUT2D eigenvalue weighted by atomic mass is 35.5. The Labute approximate surface area is 120 Å². The number of furan rings is 1. The van der Waals surface area contributed by atoms with Gasteiger partial charge in [-0.15, -0.1) is 0 Å². The predicted octanol–water partition coefficient (Wildman–Crippen LogP) is 3.92. The first-order valence-electron chi connectivity index (χ1n) is 5.99. The van der Waals surface area contributed by atoms with Gasteiger partial charge in [-0.1, -0.05) is 35.9 Å². The van der Waals surface area contributed by atoms with Gasteiger partial charge in [-0.3, -0.25) is 4.79 Å². The molecule has 0 radical (unpaired) electrons. The molecule has 4 nitrogen and oxygen atoms in total. The molecule has 0 atom stereocenters. The molecule has 0 aliphatic carbocycles. The van der Waals surface area contributed by atoms with Crippen LogP contribution in [0.25, 0.3) is 11.0 Å². The van der Waals surface area contributed by atoms with Crippen molar-refractivity contribution in [2.45, 2.75) is 0 Å². The molecule has 3 rings (SSSR count). The second-order valence-electron chi connectivity index (χ2n) is 4.31. The number of hydrogen-bond donors (Lipinski definition) is 2. The minimum absolute atomic E-state index is 0.213. The van der Waals surface area contributed by atoms with Crippen molar-refractivity contribution < 1.29 is 9.21 Å². The number of fused-ring (bicyclic) bond motifs is 1. The van der Waals surface area contributed by atoms with Crippen molar-refractivity contribution in [3.05, 3.63) is 59.3 Å². The van der Waals surface area contributed by atoms with Gasteiger partial charge in [-0.2, -0.15) is 0 Å². The van der Waals surface area contributed by atoms with Crippen LogP contribution in [0.15, 0.2) is 52.9 Å². The Kier molecular flexibility index (Phi) is 3.08. The van der Waals surface area contributed by atoms with Gasteiger partial charge in [0.1, 0.15) is 5.58 Å². The van der Waals surface area contributed by atoms with Gasteiger partial charge in [0.25, 0.3) is 5.91 Å². The van der Waals surface area contributed by atoms with Crippen molar-refractivity contribution in [2.75, 3.05) is 11.1 Å². The zero-order valence-corrected chi connectivity index (χ0v) is 11.1. The third kappa shape index (κ3) is 2.21. The lowest BCUT2D eigenvalue weighted by Crippen LogP contribution is -2.12. The number of nitrogens with one attached hydrogen (secondary N) is 1. The van der Waals surface area contributed by atoms with E-state index in [1.165, 1.54) is 0 Å². The highest BCUT2D eigenvalue weighted by Crippen LogP contribution is 2.29. The third-order valence-electron chi connectivity index (χ3n) is 2.93. The van der Waals surface area contributed by atoms with Crippen molar-refractivity contribution in [2.24, 2.45) is 0 Å². The van der Waals surface area contributed by atoms with Crippen molar-refractivity contribution in [1.82, 2.24) is 0 Å². The summed E-state index contributed by atoms with van der Waals surface area (Å²) in [6.07, 6.45) is 0. The maximum atomic E-state index is 12.2. The number of hydrogen-bond acceptors (Lipinski definition) is 3. The summed E-state index contributed by atoms with van der Waals surface area (Å²) in [5, 5.41) is 3.92. The van der Waals surface area contributed by atoms with Crippen LogP contribution in [-0.2, 0) is 0 Å². The summed E-state index contributed by atoms with van der Waals surface area (Å²) >= 11 is 6.01. The number of halogens is 1. The van der Waals surface area contributed by atoms with Crippen LogP contribution in [0, 0.1) is 0 Å². The maximum absolute atomic E-state index is 12.2. The van der Waals surface area contributed by atoms with Crippen LogP contribution >= 0.6 is 11.6 Å². The second-order valence-corrected chi connectivity index (χ2v) is 4.71. The highest BCUT2D eigenvalue weighted by Gasteiger charge is 2.15. The molecular formula is C15H11ClN2O2. The largest absolute Gasteiger partial charge is 0.451 e. The lowest BCUT2D eigenvalue weighted by molar-refractivity contribution is 0.0999. The molecule has 20 heavy (non-hydrogen) atoms. The van der Waals surface area contributed by atoms with E-state index in [0.717, 1.165) is 5.39 Å². The van der Waals surface area contributed by atoms with E-state index < -0.39 is 0 Å². The molecule has 3 aromatic rings. The van der Waals surface area contributed by atoms with E-state index in [0.29, 0.717) is 22.0 Å². The van der Waals surface area contributed by atoms with Gasteiger partial charge in [0.15, 0.2) is 5.76 Å². The fourth-order valence-corrected chi connectivity index (χ4v) is 2.17. The summed E-state index contributed by atoms with van der Waals surface area (Å²) in [6, 6.07) is 14.1. The molecule has 1 amide bonds. The SMILES string of the molecule is Nc1cccc(Cl)c1NC(=O)c1cc2ccccc2o1. The standard InChI is InChI=1S/C15H11ClN2O2/c16-10-5-3-6-11(17)14(10)18-15(19)13-8-9-4-1-2-7-12(9)20-13/h1-8H,17H2,(H,18,19). The van der Waals surface area contributed by atoms with Crippen molar-refractivity contribution in [3.8, 4) is 0 Å². The van der Waals surface area contributed by atoms with Gasteiger partial charge in [-0.05, 0) is 24.3 Å². The maximum Gasteiger partial charge on any atom is 0.291 e. The van der Waals surface area contributed by atoms with Gasteiger partial charge >= 0.3 is 0 Å². The van der Waals surface area contributed by atoms with E-state index in [-0.39, 0.29) is 11.7 Å².